The summed E-state index contributed by atoms with van der Waals surface area (Å²) in [4.78, 5) is 28.1. The number of benzene rings is 1. The summed E-state index contributed by atoms with van der Waals surface area (Å²) < 4.78 is 6.28. The molecule has 0 radical (unpaired) electrons. The number of carbonyl (C=O) groups excluding carboxylic acids is 1. The second-order valence-electron chi connectivity index (χ2n) is 6.05. The Morgan fingerprint density at radius 3 is 2.50 bits per heavy atom. The standard InChI is InChI=1S/C17H19N3O6/c1-9-2-4-10(5-3-9)15(24)18-12-6-7-20(17(25)19-12)16-14(23)13(22)11(8-21)26-16/h2-7,11,13-14,16,21-23H,8H2,1H3,(H,18,19,24,25)/t11-,13+,14+,16-/m0/s1. The van der Waals surface area contributed by atoms with Crippen LogP contribution in [0.25, 0.3) is 0 Å². The van der Waals surface area contributed by atoms with Crippen molar-refractivity contribution in [3.8, 4) is 0 Å². The van der Waals surface area contributed by atoms with Crippen molar-refractivity contribution in [3.05, 3.63) is 58.1 Å². The molecule has 1 saturated heterocycles. The largest absolute Gasteiger partial charge is 0.394 e. The van der Waals surface area contributed by atoms with E-state index in [1.165, 1.54) is 12.3 Å². The highest BCUT2D eigenvalue weighted by Gasteiger charge is 2.43. The Morgan fingerprint density at radius 2 is 1.92 bits per heavy atom. The molecule has 1 amide bonds. The second kappa shape index (κ2) is 7.34. The minimum Gasteiger partial charge on any atom is -0.394 e. The predicted molar refractivity (Wildman–Crippen MR) is 90.6 cm³/mol. The number of nitrogens with one attached hydrogen (secondary N) is 1. The molecule has 0 aliphatic carbocycles. The van der Waals surface area contributed by atoms with Crippen LogP contribution in [0.2, 0.25) is 0 Å². The first kappa shape index (κ1) is 18.2. The summed E-state index contributed by atoms with van der Waals surface area (Å²) in [7, 11) is 0. The zero-order chi connectivity index (χ0) is 18.8. The minimum absolute atomic E-state index is 0.0450. The van der Waals surface area contributed by atoms with Crippen LogP contribution in [0.1, 0.15) is 22.1 Å². The van der Waals surface area contributed by atoms with Crippen molar-refractivity contribution < 1.29 is 24.9 Å². The molecule has 0 saturated carbocycles. The first-order valence-corrected chi connectivity index (χ1v) is 8.00. The van der Waals surface area contributed by atoms with E-state index in [2.05, 4.69) is 10.3 Å². The maximum Gasteiger partial charge on any atom is 0.351 e. The quantitative estimate of drug-likeness (QED) is 0.572. The number of aliphatic hydroxyl groups is 3. The van der Waals surface area contributed by atoms with Crippen molar-refractivity contribution in [2.24, 2.45) is 0 Å². The fraction of sp³-hybridized carbons (Fsp3) is 0.353. The van der Waals surface area contributed by atoms with E-state index in [0.29, 0.717) is 5.56 Å². The van der Waals surface area contributed by atoms with Gasteiger partial charge in [-0.3, -0.25) is 9.36 Å². The second-order valence-corrected chi connectivity index (χ2v) is 6.05. The van der Waals surface area contributed by atoms with Crippen molar-refractivity contribution in [2.45, 2.75) is 31.5 Å². The number of carbonyl (C=O) groups is 1. The maximum absolute atomic E-state index is 12.2. The van der Waals surface area contributed by atoms with Crippen molar-refractivity contribution in [2.75, 3.05) is 11.9 Å². The summed E-state index contributed by atoms with van der Waals surface area (Å²) in [5.41, 5.74) is 0.660. The van der Waals surface area contributed by atoms with Gasteiger partial charge in [0.25, 0.3) is 5.91 Å². The highest BCUT2D eigenvalue weighted by Crippen LogP contribution is 2.28. The predicted octanol–water partition coefficient (Wildman–Crippen LogP) is -0.584. The van der Waals surface area contributed by atoms with Gasteiger partial charge in [0.05, 0.1) is 6.61 Å². The lowest BCUT2D eigenvalue weighted by molar-refractivity contribution is -0.0549. The highest BCUT2D eigenvalue weighted by atomic mass is 16.6. The first-order valence-electron chi connectivity index (χ1n) is 8.00. The van der Waals surface area contributed by atoms with Crippen LogP contribution in [0.3, 0.4) is 0 Å². The monoisotopic (exact) mass is 361 g/mol. The number of aryl methyl sites for hydroxylation is 1. The summed E-state index contributed by atoms with van der Waals surface area (Å²) in [5.74, 6) is -0.369. The molecule has 1 aliphatic rings. The Bertz CT molecular complexity index is 850. The molecule has 26 heavy (non-hydrogen) atoms. The van der Waals surface area contributed by atoms with Gasteiger partial charge in [-0.1, -0.05) is 17.7 Å². The first-order chi connectivity index (χ1) is 12.4. The molecule has 9 nitrogen and oxygen atoms in total. The Labute approximate surface area is 148 Å². The highest BCUT2D eigenvalue weighted by molar-refractivity contribution is 6.03. The van der Waals surface area contributed by atoms with E-state index < -0.39 is 42.7 Å². The normalized spacial score (nSPS) is 25.2. The number of ether oxygens (including phenoxy) is 1. The molecule has 9 heteroatoms. The molecule has 1 aliphatic heterocycles. The average molecular weight is 361 g/mol. The maximum atomic E-state index is 12.2. The third kappa shape index (κ3) is 3.51. The summed E-state index contributed by atoms with van der Waals surface area (Å²) in [5, 5.41) is 31.4. The lowest BCUT2D eigenvalue weighted by Gasteiger charge is -2.17. The van der Waals surface area contributed by atoms with Gasteiger partial charge in [-0.05, 0) is 25.1 Å². The zero-order valence-electron chi connectivity index (χ0n) is 13.9. The number of nitrogens with zero attached hydrogens (tertiary/aromatic N) is 2. The molecule has 4 atom stereocenters. The third-order valence-electron chi connectivity index (χ3n) is 4.18. The third-order valence-corrected chi connectivity index (χ3v) is 4.18. The number of amides is 1. The zero-order valence-corrected chi connectivity index (χ0v) is 13.9. The van der Waals surface area contributed by atoms with Gasteiger partial charge in [0.2, 0.25) is 0 Å². The van der Waals surface area contributed by atoms with Crippen molar-refractivity contribution in [3.63, 3.8) is 0 Å². The SMILES string of the molecule is Cc1ccc(C(=O)Nc2ccn([C@H]3O[C@@H](CO)[C@@H](O)[C@H]3O)c(=O)n2)cc1. The van der Waals surface area contributed by atoms with Crippen LogP contribution in [0.5, 0.6) is 0 Å². The minimum atomic E-state index is -1.39. The lowest BCUT2D eigenvalue weighted by atomic mass is 10.1. The molecule has 1 aromatic heterocycles. The van der Waals surface area contributed by atoms with Crippen LogP contribution in [-0.4, -0.2) is 55.7 Å². The summed E-state index contributed by atoms with van der Waals surface area (Å²) in [6.07, 6.45) is -3.59. The number of anilines is 1. The van der Waals surface area contributed by atoms with Gasteiger partial charge in [-0.2, -0.15) is 4.98 Å². The Balaban J connectivity index is 1.77. The fourth-order valence-electron chi connectivity index (χ4n) is 2.68. The van der Waals surface area contributed by atoms with Crippen LogP contribution in [-0.2, 0) is 4.74 Å². The topological polar surface area (TPSA) is 134 Å². The Kier molecular flexibility index (Phi) is 5.14. The fourth-order valence-corrected chi connectivity index (χ4v) is 2.68. The molecule has 0 spiro atoms. The lowest BCUT2D eigenvalue weighted by Crippen LogP contribution is -2.36. The average Bonchev–Trinajstić information content (AvgIpc) is 2.90. The molecule has 0 unspecified atom stereocenters. The number of hydrogen-bond acceptors (Lipinski definition) is 7. The van der Waals surface area contributed by atoms with E-state index in [1.54, 1.807) is 24.3 Å². The van der Waals surface area contributed by atoms with Gasteiger partial charge in [-0.15, -0.1) is 0 Å². The number of aromatic nitrogens is 2. The molecule has 2 aromatic rings. The van der Waals surface area contributed by atoms with Crippen LogP contribution >= 0.6 is 0 Å². The molecular formula is C17H19N3O6. The van der Waals surface area contributed by atoms with Crippen LogP contribution < -0.4 is 11.0 Å². The number of hydrogen-bond donors (Lipinski definition) is 4. The van der Waals surface area contributed by atoms with Crippen molar-refractivity contribution in [1.82, 2.24) is 9.55 Å². The van der Waals surface area contributed by atoms with E-state index in [-0.39, 0.29) is 5.82 Å². The van der Waals surface area contributed by atoms with Gasteiger partial charge in [0, 0.05) is 11.8 Å². The molecular weight excluding hydrogens is 342 g/mol. The van der Waals surface area contributed by atoms with Gasteiger partial charge >= 0.3 is 5.69 Å². The molecule has 3 rings (SSSR count). The molecule has 138 valence electrons. The summed E-state index contributed by atoms with van der Waals surface area (Å²) in [6.45, 7) is 1.41. The summed E-state index contributed by atoms with van der Waals surface area (Å²) >= 11 is 0. The van der Waals surface area contributed by atoms with Crippen molar-refractivity contribution >= 4 is 11.7 Å². The molecule has 1 aromatic carbocycles. The number of rotatable bonds is 4. The number of aliphatic hydroxyl groups excluding tert-OH is 3. The molecule has 2 heterocycles. The molecule has 0 bridgehead atoms. The Hall–Kier alpha value is -2.59. The van der Waals surface area contributed by atoms with Crippen LogP contribution in [0, 0.1) is 6.92 Å². The van der Waals surface area contributed by atoms with Crippen LogP contribution in [0.4, 0.5) is 5.82 Å². The van der Waals surface area contributed by atoms with Crippen molar-refractivity contribution in [1.29, 1.82) is 0 Å². The van der Waals surface area contributed by atoms with Crippen LogP contribution in [0.15, 0.2) is 41.3 Å². The van der Waals surface area contributed by atoms with Gasteiger partial charge < -0.3 is 25.4 Å². The van der Waals surface area contributed by atoms with Gasteiger partial charge in [0.15, 0.2) is 6.23 Å². The van der Waals surface area contributed by atoms with Gasteiger partial charge in [0.1, 0.15) is 24.1 Å². The smallest absolute Gasteiger partial charge is 0.351 e. The van der Waals surface area contributed by atoms with E-state index >= 15 is 0 Å². The Morgan fingerprint density at radius 1 is 1.23 bits per heavy atom. The van der Waals surface area contributed by atoms with E-state index in [9.17, 15) is 19.8 Å². The molecule has 1 fully saturated rings. The van der Waals surface area contributed by atoms with E-state index in [0.717, 1.165) is 10.1 Å². The molecule has 4 N–H and O–H groups in total. The van der Waals surface area contributed by atoms with E-state index in [4.69, 9.17) is 9.84 Å². The summed E-state index contributed by atoms with van der Waals surface area (Å²) in [6, 6.07) is 8.28. The van der Waals surface area contributed by atoms with Gasteiger partial charge in [-0.25, -0.2) is 4.79 Å². The van der Waals surface area contributed by atoms with E-state index in [1.807, 2.05) is 6.92 Å².